The zero-order valence-corrected chi connectivity index (χ0v) is 22.9. The molecule has 3 aromatic carbocycles. The number of nitrogens with one attached hydrogen (secondary N) is 2. The Labute approximate surface area is 232 Å². The molecule has 2 N–H and O–H groups in total. The summed E-state index contributed by atoms with van der Waals surface area (Å²) < 4.78 is 40.4. The van der Waals surface area contributed by atoms with E-state index in [9.17, 15) is 22.8 Å². The van der Waals surface area contributed by atoms with E-state index < -0.39 is 17.3 Å². The number of hydrogen-bond acceptors (Lipinski definition) is 2. The highest BCUT2D eigenvalue weighted by atomic mass is 19.4. The molecule has 3 aromatic rings. The molecule has 0 saturated heterocycles. The summed E-state index contributed by atoms with van der Waals surface area (Å²) in [5, 5.41) is 6.04. The molecule has 0 bridgehead atoms. The lowest BCUT2D eigenvalue weighted by atomic mass is 9.87. The van der Waals surface area contributed by atoms with Crippen molar-refractivity contribution in [2.24, 2.45) is 5.92 Å². The van der Waals surface area contributed by atoms with Gasteiger partial charge in [-0.3, -0.25) is 4.79 Å². The van der Waals surface area contributed by atoms with Gasteiger partial charge in [0, 0.05) is 30.7 Å². The molecule has 0 spiro atoms. The van der Waals surface area contributed by atoms with Crippen LogP contribution >= 0.6 is 0 Å². The number of amides is 3. The van der Waals surface area contributed by atoms with Crippen molar-refractivity contribution in [1.82, 2.24) is 15.5 Å². The third-order valence-corrected chi connectivity index (χ3v) is 7.60. The Morgan fingerprint density at radius 2 is 1.70 bits per heavy atom. The van der Waals surface area contributed by atoms with Crippen molar-refractivity contribution in [2.75, 3.05) is 13.1 Å². The van der Waals surface area contributed by atoms with E-state index in [-0.39, 0.29) is 18.5 Å². The molecule has 3 amide bonds. The van der Waals surface area contributed by atoms with Gasteiger partial charge < -0.3 is 15.5 Å². The number of carbonyl (C=O) groups is 2. The first kappa shape index (κ1) is 27.7. The number of benzene rings is 3. The molecule has 1 saturated carbocycles. The minimum atomic E-state index is -4.46. The minimum absolute atomic E-state index is 0.197. The molecular weight excluding hydrogens is 515 g/mol. The highest BCUT2D eigenvalue weighted by Gasteiger charge is 2.38. The lowest BCUT2D eigenvalue weighted by Gasteiger charge is -2.34. The monoisotopic (exact) mass is 549 g/mol. The van der Waals surface area contributed by atoms with Gasteiger partial charge in [-0.25, -0.2) is 4.79 Å². The molecule has 8 heteroatoms. The summed E-state index contributed by atoms with van der Waals surface area (Å²) in [5.41, 5.74) is 3.14. The summed E-state index contributed by atoms with van der Waals surface area (Å²) in [4.78, 5) is 28.1. The zero-order chi connectivity index (χ0) is 28.7. The van der Waals surface area contributed by atoms with E-state index in [1.54, 1.807) is 23.1 Å². The molecule has 5 rings (SSSR count). The van der Waals surface area contributed by atoms with E-state index >= 15 is 0 Å². The Bertz CT molecular complexity index is 1410. The predicted octanol–water partition coefficient (Wildman–Crippen LogP) is 6.77. The standard InChI is InChI=1S/C32H34F3N3O2/c1-31(2,3)37-30(40)38-15-14-25-24(21-10-7-11-23(16-21)32(33,34)35)12-13-26(28(25)19-38)29(39)36-18-22-17-27(22)20-8-5-4-6-9-20/h4-13,16,22,27H,14-15,17-19H2,1-3H3,(H,36,39)(H,37,40). The third-order valence-electron chi connectivity index (χ3n) is 7.60. The summed E-state index contributed by atoms with van der Waals surface area (Å²) in [6.45, 7) is 6.82. The van der Waals surface area contributed by atoms with E-state index in [1.165, 1.54) is 11.6 Å². The molecule has 1 fully saturated rings. The maximum Gasteiger partial charge on any atom is 0.416 e. The van der Waals surface area contributed by atoms with Crippen molar-refractivity contribution in [3.63, 3.8) is 0 Å². The van der Waals surface area contributed by atoms with Crippen molar-refractivity contribution in [3.8, 4) is 11.1 Å². The molecule has 210 valence electrons. The van der Waals surface area contributed by atoms with Crippen molar-refractivity contribution in [3.05, 3.63) is 94.5 Å². The molecule has 2 unspecified atom stereocenters. The topological polar surface area (TPSA) is 61.4 Å². The summed E-state index contributed by atoms with van der Waals surface area (Å²) >= 11 is 0. The number of rotatable bonds is 5. The summed E-state index contributed by atoms with van der Waals surface area (Å²) in [6, 6.07) is 18.6. The predicted molar refractivity (Wildman–Crippen MR) is 149 cm³/mol. The largest absolute Gasteiger partial charge is 0.416 e. The van der Waals surface area contributed by atoms with Gasteiger partial charge in [-0.2, -0.15) is 13.2 Å². The first-order chi connectivity index (χ1) is 18.9. The number of carbonyl (C=O) groups excluding carboxylic acids is 2. The van der Waals surface area contributed by atoms with Crippen LogP contribution in [0.1, 0.15) is 65.7 Å². The second-order valence-corrected chi connectivity index (χ2v) is 11.8. The summed E-state index contributed by atoms with van der Waals surface area (Å²) in [7, 11) is 0. The van der Waals surface area contributed by atoms with Gasteiger partial charge in [0.15, 0.2) is 0 Å². The van der Waals surface area contributed by atoms with Gasteiger partial charge in [-0.1, -0.05) is 48.5 Å². The van der Waals surface area contributed by atoms with Crippen molar-refractivity contribution in [1.29, 1.82) is 0 Å². The van der Waals surface area contributed by atoms with Gasteiger partial charge in [0.1, 0.15) is 0 Å². The average Bonchev–Trinajstić information content (AvgIpc) is 3.70. The van der Waals surface area contributed by atoms with Gasteiger partial charge in [-0.15, -0.1) is 0 Å². The number of alkyl halides is 3. The number of nitrogens with zero attached hydrogens (tertiary/aromatic N) is 1. The molecule has 2 aliphatic rings. The Hall–Kier alpha value is -3.81. The molecule has 5 nitrogen and oxygen atoms in total. The van der Waals surface area contributed by atoms with Gasteiger partial charge in [0.25, 0.3) is 5.91 Å². The van der Waals surface area contributed by atoms with Crippen LogP contribution in [0, 0.1) is 5.92 Å². The smallest absolute Gasteiger partial charge is 0.352 e. The molecule has 40 heavy (non-hydrogen) atoms. The Kier molecular flexibility index (Phi) is 7.38. The number of urea groups is 1. The van der Waals surface area contributed by atoms with Crippen molar-refractivity contribution in [2.45, 2.75) is 57.8 Å². The fourth-order valence-corrected chi connectivity index (χ4v) is 5.50. The quantitative estimate of drug-likeness (QED) is 0.369. The summed E-state index contributed by atoms with van der Waals surface area (Å²) in [6.07, 6.45) is -3.02. The van der Waals surface area contributed by atoms with Crippen LogP contribution in [-0.4, -0.2) is 35.5 Å². The van der Waals surface area contributed by atoms with Crippen LogP contribution in [0.4, 0.5) is 18.0 Å². The molecule has 1 heterocycles. The van der Waals surface area contributed by atoms with E-state index in [2.05, 4.69) is 22.8 Å². The first-order valence-electron chi connectivity index (χ1n) is 13.6. The van der Waals surface area contributed by atoms with Crippen LogP contribution in [0.15, 0.2) is 66.7 Å². The first-order valence-corrected chi connectivity index (χ1v) is 13.6. The summed E-state index contributed by atoms with van der Waals surface area (Å²) in [5.74, 6) is 0.555. The van der Waals surface area contributed by atoms with Gasteiger partial charge in [0.05, 0.1) is 5.56 Å². The lowest BCUT2D eigenvalue weighted by molar-refractivity contribution is -0.137. The number of halogens is 3. The van der Waals surface area contributed by atoms with E-state index in [1.807, 2.05) is 39.0 Å². The molecule has 1 aliphatic heterocycles. The minimum Gasteiger partial charge on any atom is -0.352 e. The van der Waals surface area contributed by atoms with Crippen molar-refractivity contribution < 1.29 is 22.8 Å². The van der Waals surface area contributed by atoms with Crippen LogP contribution < -0.4 is 10.6 Å². The van der Waals surface area contributed by atoms with Crippen LogP contribution in [0.2, 0.25) is 0 Å². The fraction of sp³-hybridized carbons (Fsp3) is 0.375. The normalized spacial score (nSPS) is 18.6. The van der Waals surface area contributed by atoms with Crippen LogP contribution in [0.3, 0.4) is 0 Å². The van der Waals surface area contributed by atoms with E-state index in [0.29, 0.717) is 53.6 Å². The second-order valence-electron chi connectivity index (χ2n) is 11.8. The Morgan fingerprint density at radius 1 is 0.950 bits per heavy atom. The second kappa shape index (κ2) is 10.6. The molecular formula is C32H34F3N3O2. The molecule has 0 aromatic heterocycles. The maximum absolute atomic E-state index is 13.5. The van der Waals surface area contributed by atoms with Crippen LogP contribution in [0.25, 0.3) is 11.1 Å². The third kappa shape index (κ3) is 6.16. The fourth-order valence-electron chi connectivity index (χ4n) is 5.50. The molecule has 0 radical (unpaired) electrons. The van der Waals surface area contributed by atoms with Crippen LogP contribution in [-0.2, 0) is 19.1 Å². The van der Waals surface area contributed by atoms with Crippen LogP contribution in [0.5, 0.6) is 0 Å². The highest BCUT2D eigenvalue weighted by molar-refractivity contribution is 5.97. The van der Waals surface area contributed by atoms with Crippen molar-refractivity contribution >= 4 is 11.9 Å². The van der Waals surface area contributed by atoms with Gasteiger partial charge in [-0.05, 0) is 91.5 Å². The number of fused-ring (bicyclic) bond motifs is 1. The highest BCUT2D eigenvalue weighted by Crippen LogP contribution is 2.47. The average molecular weight is 550 g/mol. The van der Waals surface area contributed by atoms with E-state index in [4.69, 9.17) is 0 Å². The Balaban J connectivity index is 1.42. The lowest BCUT2D eigenvalue weighted by Crippen LogP contribution is -2.50. The van der Waals surface area contributed by atoms with Gasteiger partial charge in [0.2, 0.25) is 0 Å². The molecule has 2 atom stereocenters. The Morgan fingerprint density at radius 3 is 2.40 bits per heavy atom. The number of hydrogen-bond donors (Lipinski definition) is 2. The zero-order valence-electron chi connectivity index (χ0n) is 22.9. The molecule has 1 aliphatic carbocycles. The van der Waals surface area contributed by atoms with Gasteiger partial charge >= 0.3 is 12.2 Å². The maximum atomic E-state index is 13.5. The van der Waals surface area contributed by atoms with E-state index in [0.717, 1.165) is 24.1 Å². The SMILES string of the molecule is CC(C)(C)NC(=O)N1CCc2c(-c3cccc(C(F)(F)F)c3)ccc(C(=O)NCC3CC3c3ccccc3)c2C1.